The summed E-state index contributed by atoms with van der Waals surface area (Å²) in [7, 11) is -3.54. The number of nitrogens with one attached hydrogen (secondary N) is 2. The van der Waals surface area contributed by atoms with Crippen molar-refractivity contribution >= 4 is 10.0 Å². The number of sulfonamides is 1. The van der Waals surface area contributed by atoms with Crippen LogP contribution in [0.25, 0.3) is 0 Å². The molecule has 0 aromatic carbocycles. The van der Waals surface area contributed by atoms with E-state index in [-0.39, 0.29) is 23.5 Å². The summed E-state index contributed by atoms with van der Waals surface area (Å²) in [5.74, 6) is 0.119. The third kappa shape index (κ3) is 3.29. The highest BCUT2D eigenvalue weighted by molar-refractivity contribution is 7.89. The normalized spacial score (nSPS) is 14.2. The maximum absolute atomic E-state index is 11.8. The highest BCUT2D eigenvalue weighted by Crippen LogP contribution is 2.11. The summed E-state index contributed by atoms with van der Waals surface area (Å²) in [6.45, 7) is 3.76. The number of H-pyrrole nitrogens is 1. The van der Waals surface area contributed by atoms with E-state index in [9.17, 15) is 8.42 Å². The lowest BCUT2D eigenvalue weighted by Crippen LogP contribution is -2.39. The van der Waals surface area contributed by atoms with E-state index in [1.807, 2.05) is 13.8 Å². The van der Waals surface area contributed by atoms with E-state index in [1.54, 1.807) is 0 Å². The van der Waals surface area contributed by atoms with E-state index >= 15 is 0 Å². The average Bonchev–Trinajstić information content (AvgIpc) is 2.69. The first kappa shape index (κ1) is 13.1. The Morgan fingerprint density at radius 1 is 1.56 bits per heavy atom. The van der Waals surface area contributed by atoms with Gasteiger partial charge in [0, 0.05) is 18.8 Å². The first-order chi connectivity index (χ1) is 7.47. The van der Waals surface area contributed by atoms with Crippen LogP contribution in [0.1, 0.15) is 20.3 Å². The van der Waals surface area contributed by atoms with Gasteiger partial charge < -0.3 is 5.11 Å². The molecule has 0 amide bonds. The van der Waals surface area contributed by atoms with Gasteiger partial charge in [-0.25, -0.2) is 13.1 Å². The number of aliphatic hydroxyl groups excluding tert-OH is 1. The minimum atomic E-state index is -3.54. The molecule has 1 aromatic rings. The smallest absolute Gasteiger partial charge is 0.243 e. The summed E-state index contributed by atoms with van der Waals surface area (Å²) in [4.78, 5) is 0.107. The van der Waals surface area contributed by atoms with Crippen LogP contribution in [-0.2, 0) is 10.0 Å². The molecule has 1 aromatic heterocycles. The van der Waals surface area contributed by atoms with Gasteiger partial charge in [-0.2, -0.15) is 5.10 Å². The molecule has 0 aliphatic heterocycles. The van der Waals surface area contributed by atoms with Crippen LogP contribution in [0.3, 0.4) is 0 Å². The highest BCUT2D eigenvalue weighted by Gasteiger charge is 2.22. The summed E-state index contributed by atoms with van der Waals surface area (Å²) >= 11 is 0. The molecule has 0 radical (unpaired) electrons. The quantitative estimate of drug-likeness (QED) is 0.664. The van der Waals surface area contributed by atoms with Crippen LogP contribution < -0.4 is 4.72 Å². The molecule has 0 saturated heterocycles. The lowest BCUT2D eigenvalue weighted by Gasteiger charge is -2.20. The average molecular weight is 247 g/mol. The Labute approximate surface area is 95.1 Å². The van der Waals surface area contributed by atoms with E-state index in [0.29, 0.717) is 6.42 Å². The SMILES string of the molecule is CC(C)C(CCO)NS(=O)(=O)c1cn[nH]c1. The Bertz CT molecular complexity index is 400. The molecule has 0 spiro atoms. The van der Waals surface area contributed by atoms with Gasteiger partial charge in [-0.15, -0.1) is 0 Å². The third-order valence-electron chi connectivity index (χ3n) is 2.33. The summed E-state index contributed by atoms with van der Waals surface area (Å²) in [5.41, 5.74) is 0. The lowest BCUT2D eigenvalue weighted by molar-refractivity contribution is 0.256. The summed E-state index contributed by atoms with van der Waals surface area (Å²) in [5, 5.41) is 14.9. The Hall–Kier alpha value is -0.920. The lowest BCUT2D eigenvalue weighted by atomic mass is 10.0. The molecule has 0 saturated carbocycles. The van der Waals surface area contributed by atoms with Gasteiger partial charge >= 0.3 is 0 Å². The minimum absolute atomic E-state index is 0.0449. The van der Waals surface area contributed by atoms with Crippen molar-refractivity contribution in [2.45, 2.75) is 31.2 Å². The van der Waals surface area contributed by atoms with E-state index < -0.39 is 10.0 Å². The predicted octanol–water partition coefficient (Wildman–Crippen LogP) is 0.0950. The Morgan fingerprint density at radius 2 is 2.25 bits per heavy atom. The second-order valence-electron chi connectivity index (χ2n) is 3.92. The maximum Gasteiger partial charge on any atom is 0.243 e. The van der Waals surface area contributed by atoms with Crippen molar-refractivity contribution in [3.63, 3.8) is 0 Å². The van der Waals surface area contributed by atoms with Gasteiger partial charge in [0.2, 0.25) is 10.0 Å². The van der Waals surface area contributed by atoms with Crippen LogP contribution in [0, 0.1) is 5.92 Å². The van der Waals surface area contributed by atoms with Gasteiger partial charge in [-0.3, -0.25) is 5.10 Å². The molecule has 1 rings (SSSR count). The van der Waals surface area contributed by atoms with E-state index in [4.69, 9.17) is 5.11 Å². The van der Waals surface area contributed by atoms with Crippen LogP contribution >= 0.6 is 0 Å². The molecular weight excluding hydrogens is 230 g/mol. The molecule has 16 heavy (non-hydrogen) atoms. The molecule has 0 fully saturated rings. The molecule has 1 heterocycles. The van der Waals surface area contributed by atoms with Crippen molar-refractivity contribution in [1.29, 1.82) is 0 Å². The number of aromatic nitrogens is 2. The van der Waals surface area contributed by atoms with Gasteiger partial charge in [0.05, 0.1) is 6.20 Å². The Balaban J connectivity index is 2.78. The summed E-state index contributed by atoms with van der Waals surface area (Å²) < 4.78 is 26.2. The molecule has 1 unspecified atom stereocenters. The zero-order chi connectivity index (χ0) is 12.2. The van der Waals surface area contributed by atoms with Gasteiger partial charge in [-0.1, -0.05) is 13.8 Å². The molecule has 3 N–H and O–H groups in total. The molecule has 7 heteroatoms. The van der Waals surface area contributed by atoms with Gasteiger partial charge in [-0.05, 0) is 12.3 Å². The molecule has 6 nitrogen and oxygen atoms in total. The summed E-state index contributed by atoms with van der Waals surface area (Å²) in [6.07, 6.45) is 2.96. The number of aliphatic hydroxyl groups is 1. The molecule has 0 aliphatic carbocycles. The fraction of sp³-hybridized carbons (Fsp3) is 0.667. The maximum atomic E-state index is 11.8. The highest BCUT2D eigenvalue weighted by atomic mass is 32.2. The van der Waals surface area contributed by atoms with Crippen molar-refractivity contribution in [1.82, 2.24) is 14.9 Å². The first-order valence-electron chi connectivity index (χ1n) is 5.09. The fourth-order valence-electron chi connectivity index (χ4n) is 1.32. The fourth-order valence-corrected chi connectivity index (χ4v) is 2.64. The number of aromatic amines is 1. The molecule has 0 bridgehead atoms. The largest absolute Gasteiger partial charge is 0.396 e. The second-order valence-corrected chi connectivity index (χ2v) is 5.63. The van der Waals surface area contributed by atoms with E-state index in [2.05, 4.69) is 14.9 Å². The topological polar surface area (TPSA) is 95.1 Å². The monoisotopic (exact) mass is 247 g/mol. The number of hydrogen-bond donors (Lipinski definition) is 3. The van der Waals surface area contributed by atoms with Gasteiger partial charge in [0.15, 0.2) is 0 Å². The second kappa shape index (κ2) is 5.42. The van der Waals surface area contributed by atoms with Crippen LogP contribution in [-0.4, -0.2) is 36.4 Å². The first-order valence-corrected chi connectivity index (χ1v) is 6.57. The summed E-state index contributed by atoms with van der Waals surface area (Å²) in [6, 6.07) is -0.273. The van der Waals surface area contributed by atoms with Crippen molar-refractivity contribution < 1.29 is 13.5 Å². The number of nitrogens with zero attached hydrogens (tertiary/aromatic N) is 1. The van der Waals surface area contributed by atoms with Crippen LogP contribution in [0.15, 0.2) is 17.3 Å². The minimum Gasteiger partial charge on any atom is -0.396 e. The van der Waals surface area contributed by atoms with Gasteiger partial charge in [0.25, 0.3) is 0 Å². The van der Waals surface area contributed by atoms with E-state index in [1.165, 1.54) is 12.4 Å². The molecule has 1 atom stereocenters. The van der Waals surface area contributed by atoms with Crippen molar-refractivity contribution in [3.8, 4) is 0 Å². The zero-order valence-electron chi connectivity index (χ0n) is 9.34. The third-order valence-corrected chi connectivity index (χ3v) is 3.79. The number of rotatable bonds is 6. The van der Waals surface area contributed by atoms with Gasteiger partial charge in [0.1, 0.15) is 4.90 Å². The van der Waals surface area contributed by atoms with Crippen LogP contribution in [0.2, 0.25) is 0 Å². The van der Waals surface area contributed by atoms with E-state index in [0.717, 1.165) is 0 Å². The standard InChI is InChI=1S/C9H17N3O3S/c1-7(2)9(3-4-13)12-16(14,15)8-5-10-11-6-8/h5-7,9,12-13H,3-4H2,1-2H3,(H,10,11). The molecule has 0 aliphatic rings. The van der Waals surface area contributed by atoms with Crippen LogP contribution in [0.4, 0.5) is 0 Å². The molecular formula is C9H17N3O3S. The Morgan fingerprint density at radius 3 is 2.69 bits per heavy atom. The number of hydrogen-bond acceptors (Lipinski definition) is 4. The Kier molecular flexibility index (Phi) is 4.45. The predicted molar refractivity (Wildman–Crippen MR) is 59.2 cm³/mol. The zero-order valence-corrected chi connectivity index (χ0v) is 10.2. The van der Waals surface area contributed by atoms with Crippen molar-refractivity contribution in [2.24, 2.45) is 5.92 Å². The van der Waals surface area contributed by atoms with Crippen LogP contribution in [0.5, 0.6) is 0 Å². The van der Waals surface area contributed by atoms with Crippen molar-refractivity contribution in [2.75, 3.05) is 6.61 Å². The van der Waals surface area contributed by atoms with Crippen molar-refractivity contribution in [3.05, 3.63) is 12.4 Å². The molecule has 92 valence electrons.